The Balaban J connectivity index is 1.95. The maximum Gasteiger partial charge on any atom is 0.332 e. The van der Waals surface area contributed by atoms with Crippen LogP contribution in [0.4, 0.5) is 0 Å². The van der Waals surface area contributed by atoms with Crippen molar-refractivity contribution < 1.29 is 156 Å². The van der Waals surface area contributed by atoms with Crippen molar-refractivity contribution in [3.63, 3.8) is 0 Å². The van der Waals surface area contributed by atoms with Crippen molar-refractivity contribution in [2.75, 3.05) is 59.5 Å². The summed E-state index contributed by atoms with van der Waals surface area (Å²) in [5, 5.41) is 0. The third-order valence-electron chi connectivity index (χ3n) is 10.5. The Morgan fingerprint density at radius 2 is 0.463 bits per heavy atom. The molecule has 0 spiro atoms. The van der Waals surface area contributed by atoms with Gasteiger partial charge in [-0.15, -0.1) is 0 Å². The van der Waals surface area contributed by atoms with Gasteiger partial charge in [-0.2, -0.15) is 0 Å². The second kappa shape index (κ2) is 35.0. The van der Waals surface area contributed by atoms with Gasteiger partial charge < -0.3 is 98.8 Å². The summed E-state index contributed by atoms with van der Waals surface area (Å²) < 4.78 is 117. The summed E-state index contributed by atoms with van der Waals surface area (Å²) in [5.41, 5.74) is 0. The maximum absolute atomic E-state index is 12.4. The minimum Gasteiger partial charge on any atom is -0.463 e. The van der Waals surface area contributed by atoms with Crippen molar-refractivity contribution in [3.8, 4) is 0 Å². The van der Waals surface area contributed by atoms with E-state index in [0.717, 1.165) is 83.1 Å². The minimum atomic E-state index is -2.57. The molecule has 34 heteroatoms. The van der Waals surface area contributed by atoms with Crippen LogP contribution < -0.4 is 0 Å². The molecule has 3 rings (SSSR count). The van der Waals surface area contributed by atoms with Crippen molar-refractivity contribution in [3.05, 3.63) is 0 Å². The van der Waals surface area contributed by atoms with Crippen LogP contribution in [0.15, 0.2) is 0 Å². The van der Waals surface area contributed by atoms with Gasteiger partial charge >= 0.3 is 80.2 Å². The fourth-order valence-electron chi connectivity index (χ4n) is 7.91. The highest BCUT2D eigenvalue weighted by Gasteiger charge is 2.55. The van der Waals surface area contributed by atoms with Crippen LogP contribution in [0.3, 0.4) is 0 Å². The Bertz CT molecular complexity index is 1970. The predicted molar refractivity (Wildman–Crippen MR) is 258 cm³/mol. The molecular weight excluding hydrogens is 1140 g/mol. The van der Waals surface area contributed by atoms with Crippen molar-refractivity contribution >= 4 is 80.2 Å². The lowest BCUT2D eigenvalue weighted by atomic mass is 9.98. The third kappa shape index (κ3) is 24.7. The first-order chi connectivity index (χ1) is 38.6. The van der Waals surface area contributed by atoms with Gasteiger partial charge in [0.2, 0.25) is 0 Å². The number of carbonyl (C=O) groups excluding carboxylic acids is 12. The van der Waals surface area contributed by atoms with Crippen LogP contribution in [-0.2, 0) is 156 Å². The highest BCUT2D eigenvalue weighted by Crippen LogP contribution is 2.40. The zero-order chi connectivity index (χ0) is 61.4. The summed E-state index contributed by atoms with van der Waals surface area (Å²) >= 11 is 0. The van der Waals surface area contributed by atoms with Crippen LogP contribution in [-0.4, -0.2) is 223 Å². The molecule has 82 heavy (non-hydrogen) atoms. The summed E-state index contributed by atoms with van der Waals surface area (Å²) in [6, 6.07) is 0. The molecule has 0 radical (unpaired) electrons. The Labute approximate surface area is 470 Å². The largest absolute Gasteiger partial charge is 0.463 e. The van der Waals surface area contributed by atoms with Crippen LogP contribution in [0.1, 0.15) is 83.1 Å². The van der Waals surface area contributed by atoms with Gasteiger partial charge in [0.05, 0.1) is 39.6 Å². The lowest BCUT2D eigenvalue weighted by Gasteiger charge is -2.44. The average Bonchev–Trinajstić information content (AvgIpc) is 3.34. The molecule has 0 saturated carbocycles. The molecule has 464 valence electrons. The molecule has 0 bridgehead atoms. The second-order valence-electron chi connectivity index (χ2n) is 17.5. The Kier molecular flexibility index (Phi) is 29.9. The zero-order valence-electron chi connectivity index (χ0n) is 46.9. The van der Waals surface area contributed by atoms with Crippen LogP contribution in [0.2, 0.25) is 0 Å². The molecule has 15 atom stereocenters. The van der Waals surface area contributed by atoms with E-state index in [1.807, 2.05) is 0 Å². The van der Waals surface area contributed by atoms with E-state index in [1.165, 1.54) is 0 Å². The topological polar surface area (TPSA) is 399 Å². The number of ether oxygens (including phenoxy) is 18. The van der Waals surface area contributed by atoms with E-state index < -0.39 is 232 Å². The van der Waals surface area contributed by atoms with Crippen LogP contribution in [0.25, 0.3) is 0 Å². The minimum absolute atomic E-state index is 0.459. The molecular formula is C48H69O33P. The first-order valence-electron chi connectivity index (χ1n) is 25.0. The predicted octanol–water partition coefficient (Wildman–Crippen LogP) is -0.438. The van der Waals surface area contributed by atoms with Gasteiger partial charge in [-0.05, 0) is 0 Å². The van der Waals surface area contributed by atoms with Crippen molar-refractivity contribution in [2.24, 2.45) is 0 Å². The fourth-order valence-corrected chi connectivity index (χ4v) is 8.80. The summed E-state index contributed by atoms with van der Waals surface area (Å²) in [6.07, 6.45) is -22.9. The van der Waals surface area contributed by atoms with Gasteiger partial charge in [-0.3, -0.25) is 57.5 Å². The molecule has 3 aliphatic rings. The standard InChI is InChI=1S/C48H69O33P/c1-22(49)64-19-34-37(70-25(4)52)40(73-28(7)55)43(76-31(10)58)46(79-34)61-13-16-67-82(68-17-14-62-47-44(77-32(11)59)41(74-29(8)56)38(71-26(5)53)35(80-47)20-65-23(2)50)69-18-15-63-48-45(78-33(12)60)42(75-30(9)57)39(72-27(6)54)36(81-48)21-66-24(3)51/h34-48H,13-21H2,1-12H3/t34-,35-,36-,37+,38+,39+,40+,41+,42+,43-,44-,45-,46-,47-,48-/m1/s1. The van der Waals surface area contributed by atoms with Gasteiger partial charge in [0.1, 0.15) is 38.1 Å². The number of esters is 12. The van der Waals surface area contributed by atoms with Gasteiger partial charge in [0, 0.05) is 83.1 Å². The number of hydrogen-bond acceptors (Lipinski definition) is 33. The number of carbonyl (C=O) groups is 12. The van der Waals surface area contributed by atoms with Crippen LogP contribution in [0.5, 0.6) is 0 Å². The van der Waals surface area contributed by atoms with Gasteiger partial charge in [0.15, 0.2) is 73.8 Å². The lowest BCUT2D eigenvalue weighted by molar-refractivity contribution is -0.309. The van der Waals surface area contributed by atoms with Crippen molar-refractivity contribution in [2.45, 2.75) is 175 Å². The molecule has 3 heterocycles. The average molecular weight is 1210 g/mol. The molecule has 3 fully saturated rings. The maximum atomic E-state index is 12.4. The Morgan fingerprint density at radius 3 is 0.659 bits per heavy atom. The fraction of sp³-hybridized carbons (Fsp3) is 0.750. The summed E-state index contributed by atoms with van der Waals surface area (Å²) in [5.74, 6) is -10.3. The normalized spacial score (nSPS) is 27.7. The number of rotatable bonds is 30. The van der Waals surface area contributed by atoms with E-state index in [0.29, 0.717) is 0 Å². The highest BCUT2D eigenvalue weighted by atomic mass is 31.2. The molecule has 3 saturated heterocycles. The molecule has 0 aromatic carbocycles. The third-order valence-corrected chi connectivity index (χ3v) is 11.7. The van der Waals surface area contributed by atoms with Crippen molar-refractivity contribution in [1.82, 2.24) is 0 Å². The van der Waals surface area contributed by atoms with E-state index in [1.54, 1.807) is 0 Å². The van der Waals surface area contributed by atoms with Crippen molar-refractivity contribution in [1.29, 1.82) is 0 Å². The molecule has 0 amide bonds. The first kappa shape index (κ1) is 70.0. The quantitative estimate of drug-likeness (QED) is 0.0381. The van der Waals surface area contributed by atoms with Gasteiger partial charge in [-0.25, -0.2) is 0 Å². The summed E-state index contributed by atoms with van der Waals surface area (Å²) in [6.45, 7) is 8.12. The molecule has 0 aromatic heterocycles. The lowest BCUT2D eigenvalue weighted by Crippen LogP contribution is -2.63. The molecule has 3 aliphatic heterocycles. The number of hydrogen-bond donors (Lipinski definition) is 0. The van der Waals surface area contributed by atoms with E-state index in [2.05, 4.69) is 0 Å². The molecule has 0 unspecified atom stereocenters. The van der Waals surface area contributed by atoms with E-state index in [9.17, 15) is 57.5 Å². The smallest absolute Gasteiger partial charge is 0.332 e. The van der Waals surface area contributed by atoms with E-state index >= 15 is 0 Å². The van der Waals surface area contributed by atoms with Gasteiger partial charge in [-0.1, -0.05) is 0 Å². The van der Waals surface area contributed by atoms with E-state index in [4.69, 9.17) is 98.8 Å². The van der Waals surface area contributed by atoms with Crippen LogP contribution >= 0.6 is 8.60 Å². The second-order valence-corrected chi connectivity index (χ2v) is 18.8. The van der Waals surface area contributed by atoms with Gasteiger partial charge in [0.25, 0.3) is 0 Å². The molecule has 0 N–H and O–H groups in total. The Morgan fingerprint density at radius 1 is 0.268 bits per heavy atom. The zero-order valence-corrected chi connectivity index (χ0v) is 47.8. The Hall–Kier alpha value is -6.29. The highest BCUT2D eigenvalue weighted by molar-refractivity contribution is 7.41. The molecule has 0 aromatic rings. The SMILES string of the molecule is CC(=O)OC[C@H]1O[C@@H](OCCOP(OCCO[C@@H]2O[C@H](COC(C)=O)[C@H](OC(C)=O)[C@H](OC(C)=O)[C@H]2OC(C)=O)OCCO[C@@H]2O[C@H](COC(C)=O)[C@H](OC(C)=O)[C@H](OC(C)=O)[C@H]2OC(C)=O)[C@H](OC(C)=O)[C@@H](OC(C)=O)[C@H]1OC(C)=O. The van der Waals surface area contributed by atoms with Crippen LogP contribution in [0, 0.1) is 0 Å². The first-order valence-corrected chi connectivity index (χ1v) is 26.1. The summed E-state index contributed by atoms with van der Waals surface area (Å²) in [4.78, 5) is 146. The molecule has 0 aliphatic carbocycles. The van der Waals surface area contributed by atoms with E-state index in [-0.39, 0.29) is 0 Å². The monoisotopic (exact) mass is 1200 g/mol. The molecule has 33 nitrogen and oxygen atoms in total. The summed E-state index contributed by atoms with van der Waals surface area (Å²) in [7, 11) is -2.57.